The van der Waals surface area contributed by atoms with E-state index >= 15 is 0 Å². The molecule has 0 bridgehead atoms. The summed E-state index contributed by atoms with van der Waals surface area (Å²) in [7, 11) is 0. The molecule has 1 aromatic carbocycles. The van der Waals surface area contributed by atoms with Crippen LogP contribution in [0.1, 0.15) is 41.3 Å². The number of rotatable bonds is 2. The lowest BCUT2D eigenvalue weighted by Crippen LogP contribution is -2.43. The summed E-state index contributed by atoms with van der Waals surface area (Å²) in [6.45, 7) is 4.04. The first-order chi connectivity index (χ1) is 8.22. The molecule has 0 spiro atoms. The van der Waals surface area contributed by atoms with Crippen molar-refractivity contribution in [1.29, 1.82) is 0 Å². The highest BCUT2D eigenvalue weighted by molar-refractivity contribution is 5.94. The topological polar surface area (TPSA) is 41.1 Å². The Morgan fingerprint density at radius 3 is 2.72 bits per heavy atom. The lowest BCUT2D eigenvalue weighted by Gasteiger charge is -2.33. The van der Waals surface area contributed by atoms with Gasteiger partial charge >= 0.3 is 0 Å². The number of halogens is 1. The van der Waals surface area contributed by atoms with Gasteiger partial charge in [-0.05, 0) is 42.0 Å². The van der Waals surface area contributed by atoms with Crippen molar-refractivity contribution in [2.75, 3.05) is 0 Å². The molecule has 2 aliphatic rings. The van der Waals surface area contributed by atoms with Crippen LogP contribution in [-0.2, 0) is 13.1 Å². The molecule has 1 aromatic rings. The number of carbonyl (C=O) groups is 1. The molecule has 3 rings (SSSR count). The van der Waals surface area contributed by atoms with Gasteiger partial charge in [-0.15, -0.1) is 12.4 Å². The molecule has 1 aliphatic carbocycles. The van der Waals surface area contributed by atoms with Gasteiger partial charge in [0.15, 0.2) is 0 Å². The largest absolute Gasteiger partial charge is 0.349 e. The molecule has 1 heterocycles. The van der Waals surface area contributed by atoms with Crippen LogP contribution >= 0.6 is 12.4 Å². The van der Waals surface area contributed by atoms with Gasteiger partial charge in [-0.1, -0.05) is 13.0 Å². The van der Waals surface area contributed by atoms with Crippen LogP contribution in [0.15, 0.2) is 18.2 Å². The molecule has 0 saturated heterocycles. The molecule has 1 saturated carbocycles. The van der Waals surface area contributed by atoms with Crippen molar-refractivity contribution in [3.05, 3.63) is 34.9 Å². The van der Waals surface area contributed by atoms with Gasteiger partial charge in [0.05, 0.1) is 0 Å². The zero-order chi connectivity index (χ0) is 11.8. The molecule has 1 aliphatic heterocycles. The van der Waals surface area contributed by atoms with Crippen LogP contribution in [0.4, 0.5) is 0 Å². The SMILES string of the molecule is CC1CC(NC(=O)c2ccc3c(c2)CNC3)C1.Cl. The standard InChI is InChI=1S/C14H18N2O.ClH/c1-9-4-13(5-9)16-14(17)10-2-3-11-7-15-8-12(11)6-10;/h2-3,6,9,13,15H,4-5,7-8H2,1H3,(H,16,17);1H. The van der Waals surface area contributed by atoms with Gasteiger partial charge in [-0.25, -0.2) is 0 Å². The maximum Gasteiger partial charge on any atom is 0.251 e. The zero-order valence-corrected chi connectivity index (χ0v) is 11.3. The third kappa shape index (κ3) is 2.52. The zero-order valence-electron chi connectivity index (χ0n) is 10.5. The minimum Gasteiger partial charge on any atom is -0.349 e. The predicted octanol–water partition coefficient (Wildman–Crippen LogP) is 2.24. The van der Waals surface area contributed by atoms with Crippen molar-refractivity contribution in [3.8, 4) is 0 Å². The van der Waals surface area contributed by atoms with E-state index in [0.29, 0.717) is 6.04 Å². The van der Waals surface area contributed by atoms with Gasteiger partial charge < -0.3 is 10.6 Å². The maximum absolute atomic E-state index is 12.0. The van der Waals surface area contributed by atoms with E-state index in [2.05, 4.69) is 23.6 Å². The number of fused-ring (bicyclic) bond motifs is 1. The fraction of sp³-hybridized carbons (Fsp3) is 0.500. The lowest BCUT2D eigenvalue weighted by atomic mass is 9.82. The van der Waals surface area contributed by atoms with Crippen molar-refractivity contribution in [2.24, 2.45) is 5.92 Å². The highest BCUT2D eigenvalue weighted by Gasteiger charge is 2.27. The minimum atomic E-state index is 0. The van der Waals surface area contributed by atoms with Gasteiger partial charge in [0, 0.05) is 24.7 Å². The third-order valence-electron chi connectivity index (χ3n) is 3.81. The number of benzene rings is 1. The molecule has 3 nitrogen and oxygen atoms in total. The molecule has 98 valence electrons. The molecule has 4 heteroatoms. The summed E-state index contributed by atoms with van der Waals surface area (Å²) < 4.78 is 0. The van der Waals surface area contributed by atoms with Gasteiger partial charge in [0.2, 0.25) is 0 Å². The number of amides is 1. The number of hydrogen-bond donors (Lipinski definition) is 2. The van der Waals surface area contributed by atoms with E-state index in [9.17, 15) is 4.79 Å². The maximum atomic E-state index is 12.0. The van der Waals surface area contributed by atoms with E-state index in [0.717, 1.165) is 37.4 Å². The average molecular weight is 267 g/mol. The Balaban J connectivity index is 0.00000120. The molecule has 1 fully saturated rings. The van der Waals surface area contributed by atoms with Gasteiger partial charge in [0.25, 0.3) is 5.91 Å². The Morgan fingerprint density at radius 1 is 1.28 bits per heavy atom. The van der Waals surface area contributed by atoms with Crippen molar-refractivity contribution >= 4 is 18.3 Å². The lowest BCUT2D eigenvalue weighted by molar-refractivity contribution is 0.0896. The van der Waals surface area contributed by atoms with Crippen LogP contribution < -0.4 is 10.6 Å². The Labute approximate surface area is 114 Å². The first kappa shape index (κ1) is 13.4. The fourth-order valence-electron chi connectivity index (χ4n) is 2.72. The van der Waals surface area contributed by atoms with E-state index < -0.39 is 0 Å². The molecule has 0 unspecified atom stereocenters. The Morgan fingerprint density at radius 2 is 2.00 bits per heavy atom. The van der Waals surface area contributed by atoms with Crippen molar-refractivity contribution in [3.63, 3.8) is 0 Å². The first-order valence-electron chi connectivity index (χ1n) is 6.36. The normalized spacial score (nSPS) is 24.7. The van der Waals surface area contributed by atoms with Gasteiger partial charge in [0.1, 0.15) is 0 Å². The second-order valence-electron chi connectivity index (χ2n) is 5.33. The summed E-state index contributed by atoms with van der Waals surface area (Å²) in [5, 5.41) is 6.39. The molecule has 0 aromatic heterocycles. The van der Waals surface area contributed by atoms with Crippen LogP contribution in [0, 0.1) is 5.92 Å². The highest BCUT2D eigenvalue weighted by Crippen LogP contribution is 2.26. The predicted molar refractivity (Wildman–Crippen MR) is 73.9 cm³/mol. The van der Waals surface area contributed by atoms with Crippen LogP contribution in [0.2, 0.25) is 0 Å². The smallest absolute Gasteiger partial charge is 0.251 e. The molecular formula is C14H19ClN2O. The van der Waals surface area contributed by atoms with Crippen molar-refractivity contribution in [2.45, 2.75) is 38.9 Å². The van der Waals surface area contributed by atoms with E-state index in [1.165, 1.54) is 11.1 Å². The Hall–Kier alpha value is -1.06. The summed E-state index contributed by atoms with van der Waals surface area (Å²) in [5.74, 6) is 0.848. The minimum absolute atomic E-state index is 0. The second-order valence-corrected chi connectivity index (χ2v) is 5.33. The number of carbonyl (C=O) groups excluding carboxylic acids is 1. The molecule has 0 atom stereocenters. The van der Waals surface area contributed by atoms with E-state index in [1.807, 2.05) is 12.1 Å². The summed E-state index contributed by atoms with van der Waals surface area (Å²) in [6.07, 6.45) is 2.25. The second kappa shape index (κ2) is 5.29. The van der Waals surface area contributed by atoms with Gasteiger partial charge in [-0.3, -0.25) is 4.79 Å². The van der Waals surface area contributed by atoms with Crippen LogP contribution in [0.3, 0.4) is 0 Å². The van der Waals surface area contributed by atoms with Crippen LogP contribution in [0.5, 0.6) is 0 Å². The number of nitrogens with one attached hydrogen (secondary N) is 2. The molecule has 0 radical (unpaired) electrons. The fourth-order valence-corrected chi connectivity index (χ4v) is 2.72. The highest BCUT2D eigenvalue weighted by atomic mass is 35.5. The van der Waals surface area contributed by atoms with E-state index in [1.54, 1.807) is 0 Å². The summed E-state index contributed by atoms with van der Waals surface area (Å²) in [4.78, 5) is 12.0. The molecule has 2 N–H and O–H groups in total. The summed E-state index contributed by atoms with van der Waals surface area (Å²) in [5.41, 5.74) is 3.38. The number of hydrogen-bond acceptors (Lipinski definition) is 2. The molecular weight excluding hydrogens is 248 g/mol. The van der Waals surface area contributed by atoms with Crippen molar-refractivity contribution < 1.29 is 4.79 Å². The quantitative estimate of drug-likeness (QED) is 0.862. The van der Waals surface area contributed by atoms with E-state index in [4.69, 9.17) is 0 Å². The van der Waals surface area contributed by atoms with Gasteiger partial charge in [-0.2, -0.15) is 0 Å². The van der Waals surface area contributed by atoms with Crippen molar-refractivity contribution in [1.82, 2.24) is 10.6 Å². The van der Waals surface area contributed by atoms with E-state index in [-0.39, 0.29) is 18.3 Å². The molecule has 18 heavy (non-hydrogen) atoms. The Bertz CT molecular complexity index is 455. The summed E-state index contributed by atoms with van der Waals surface area (Å²) in [6, 6.07) is 6.41. The first-order valence-corrected chi connectivity index (χ1v) is 6.36. The third-order valence-corrected chi connectivity index (χ3v) is 3.81. The summed E-state index contributed by atoms with van der Waals surface area (Å²) >= 11 is 0. The van der Waals surface area contributed by atoms with Crippen LogP contribution in [-0.4, -0.2) is 11.9 Å². The molecule has 1 amide bonds. The monoisotopic (exact) mass is 266 g/mol. The van der Waals surface area contributed by atoms with Crippen LogP contribution in [0.25, 0.3) is 0 Å². The Kier molecular flexibility index (Phi) is 3.93. The average Bonchev–Trinajstić information content (AvgIpc) is 2.73.